The first kappa shape index (κ1) is 14.4. The zero-order chi connectivity index (χ0) is 15.7. The molecule has 0 bridgehead atoms. The van der Waals surface area contributed by atoms with Crippen LogP contribution in [0.25, 0.3) is 16.6 Å². The third-order valence-corrected chi connectivity index (χ3v) is 4.14. The van der Waals surface area contributed by atoms with Gasteiger partial charge in [-0.3, -0.25) is 4.79 Å². The molecule has 0 aliphatic rings. The van der Waals surface area contributed by atoms with E-state index in [1.165, 1.54) is 5.56 Å². The van der Waals surface area contributed by atoms with Crippen LogP contribution in [0.3, 0.4) is 0 Å². The fraction of sp³-hybridized carbons (Fsp3) is 0.211. The van der Waals surface area contributed by atoms with E-state index in [1.54, 1.807) is 7.11 Å². The zero-order valence-corrected chi connectivity index (χ0v) is 13.1. The van der Waals surface area contributed by atoms with Gasteiger partial charge in [-0.2, -0.15) is 0 Å². The zero-order valence-electron chi connectivity index (χ0n) is 13.1. The Bertz CT molecular complexity index is 846. The molecular formula is C19H19NO2. The van der Waals surface area contributed by atoms with Crippen molar-refractivity contribution in [2.75, 3.05) is 7.11 Å². The third kappa shape index (κ3) is 2.19. The lowest BCUT2D eigenvalue weighted by Gasteiger charge is -2.10. The number of pyridine rings is 1. The van der Waals surface area contributed by atoms with Crippen LogP contribution in [0, 0.1) is 6.92 Å². The summed E-state index contributed by atoms with van der Waals surface area (Å²) >= 11 is 0. The molecule has 1 aromatic carbocycles. The molecule has 0 aliphatic heterocycles. The number of hydrogen-bond acceptors (Lipinski definition) is 2. The van der Waals surface area contributed by atoms with Gasteiger partial charge in [-0.25, -0.2) is 0 Å². The van der Waals surface area contributed by atoms with Crippen LogP contribution in [0.1, 0.15) is 28.5 Å². The first-order chi connectivity index (χ1) is 10.7. The van der Waals surface area contributed by atoms with Crippen molar-refractivity contribution in [1.29, 1.82) is 0 Å². The molecule has 0 fully saturated rings. The molecule has 3 aromatic rings. The minimum absolute atomic E-state index is 0.658. The topological polar surface area (TPSA) is 30.7 Å². The summed E-state index contributed by atoms with van der Waals surface area (Å²) in [7, 11) is 1.66. The number of benzene rings is 1. The van der Waals surface area contributed by atoms with E-state index in [-0.39, 0.29) is 0 Å². The van der Waals surface area contributed by atoms with E-state index in [0.29, 0.717) is 5.69 Å². The van der Waals surface area contributed by atoms with E-state index in [4.69, 9.17) is 4.74 Å². The number of aryl methyl sites for hydroxylation is 2. The van der Waals surface area contributed by atoms with Gasteiger partial charge in [-0.1, -0.05) is 19.1 Å². The van der Waals surface area contributed by atoms with Gasteiger partial charge < -0.3 is 9.14 Å². The number of carbonyl (C=O) groups is 1. The molecule has 112 valence electrons. The normalized spacial score (nSPS) is 10.9. The second-order valence-corrected chi connectivity index (χ2v) is 5.40. The number of hydrogen-bond donors (Lipinski definition) is 0. The van der Waals surface area contributed by atoms with Crippen molar-refractivity contribution in [3.63, 3.8) is 0 Å². The van der Waals surface area contributed by atoms with Crippen LogP contribution in [0.5, 0.6) is 5.75 Å². The summed E-state index contributed by atoms with van der Waals surface area (Å²) in [6.45, 7) is 4.17. The van der Waals surface area contributed by atoms with Crippen molar-refractivity contribution >= 4 is 11.8 Å². The van der Waals surface area contributed by atoms with Crippen molar-refractivity contribution in [3.8, 4) is 16.9 Å². The van der Waals surface area contributed by atoms with E-state index < -0.39 is 0 Å². The Morgan fingerprint density at radius 2 is 2.00 bits per heavy atom. The summed E-state index contributed by atoms with van der Waals surface area (Å²) in [5.74, 6) is 0.786. The van der Waals surface area contributed by atoms with Crippen LogP contribution in [0.2, 0.25) is 0 Å². The number of fused-ring (bicyclic) bond motifs is 1. The number of aldehydes is 1. The first-order valence-corrected chi connectivity index (χ1v) is 7.42. The van der Waals surface area contributed by atoms with Gasteiger partial charge in [-0.05, 0) is 48.7 Å². The Balaban J connectivity index is 2.35. The minimum Gasteiger partial charge on any atom is -0.496 e. The van der Waals surface area contributed by atoms with Crippen LogP contribution in [-0.4, -0.2) is 17.8 Å². The van der Waals surface area contributed by atoms with Gasteiger partial charge in [0.2, 0.25) is 0 Å². The molecule has 2 aromatic heterocycles. The summed E-state index contributed by atoms with van der Waals surface area (Å²) in [5.41, 5.74) is 5.94. The van der Waals surface area contributed by atoms with Gasteiger partial charge in [0, 0.05) is 22.8 Å². The van der Waals surface area contributed by atoms with Crippen LogP contribution in [0.4, 0.5) is 0 Å². The molecule has 0 saturated carbocycles. The monoisotopic (exact) mass is 293 g/mol. The number of methoxy groups -OCH3 is 1. The number of nitrogens with zero attached hydrogens (tertiary/aromatic N) is 1. The largest absolute Gasteiger partial charge is 0.496 e. The number of carbonyl (C=O) groups excluding carboxylic acids is 1. The summed E-state index contributed by atoms with van der Waals surface area (Å²) < 4.78 is 7.44. The maximum atomic E-state index is 11.7. The van der Waals surface area contributed by atoms with Crippen LogP contribution in [0.15, 0.2) is 42.6 Å². The van der Waals surface area contributed by atoms with E-state index in [2.05, 4.69) is 25.1 Å². The summed E-state index contributed by atoms with van der Waals surface area (Å²) in [4.78, 5) is 11.7. The van der Waals surface area contributed by atoms with Crippen LogP contribution >= 0.6 is 0 Å². The quantitative estimate of drug-likeness (QED) is 0.671. The second kappa shape index (κ2) is 5.68. The molecule has 0 saturated heterocycles. The van der Waals surface area contributed by atoms with Crippen LogP contribution < -0.4 is 4.74 Å². The molecule has 0 aliphatic carbocycles. The van der Waals surface area contributed by atoms with Crippen molar-refractivity contribution in [1.82, 2.24) is 4.40 Å². The molecule has 0 spiro atoms. The molecular weight excluding hydrogens is 274 g/mol. The maximum Gasteiger partial charge on any atom is 0.167 e. The number of rotatable bonds is 4. The lowest BCUT2D eigenvalue weighted by molar-refractivity contribution is 0.111. The average Bonchev–Trinajstić information content (AvgIpc) is 2.94. The van der Waals surface area contributed by atoms with E-state index >= 15 is 0 Å². The second-order valence-electron chi connectivity index (χ2n) is 5.40. The highest BCUT2D eigenvalue weighted by Gasteiger charge is 2.16. The van der Waals surface area contributed by atoms with Crippen molar-refractivity contribution in [2.45, 2.75) is 20.3 Å². The molecule has 2 heterocycles. The molecule has 0 N–H and O–H groups in total. The van der Waals surface area contributed by atoms with Gasteiger partial charge in [0.05, 0.1) is 12.8 Å². The van der Waals surface area contributed by atoms with Gasteiger partial charge >= 0.3 is 0 Å². The summed E-state index contributed by atoms with van der Waals surface area (Å²) in [6, 6.07) is 12.2. The first-order valence-electron chi connectivity index (χ1n) is 7.42. The molecule has 22 heavy (non-hydrogen) atoms. The van der Waals surface area contributed by atoms with Crippen molar-refractivity contribution in [3.05, 3.63) is 59.4 Å². The van der Waals surface area contributed by atoms with E-state index in [1.807, 2.05) is 35.7 Å². The Hall–Kier alpha value is -2.55. The van der Waals surface area contributed by atoms with E-state index in [0.717, 1.165) is 40.7 Å². The molecule has 0 radical (unpaired) electrons. The SMILES string of the molecule is CCc1ccc(OC)c(-c2cc3c(C)cccn3c2C=O)c1. The predicted molar refractivity (Wildman–Crippen MR) is 88.9 cm³/mol. The number of aromatic nitrogens is 1. The summed E-state index contributed by atoms with van der Waals surface area (Å²) in [5, 5.41) is 0. The Kier molecular flexibility index (Phi) is 3.72. The Labute approximate surface area is 130 Å². The standard InChI is InChI=1S/C19H19NO2/c1-4-14-7-8-19(22-3)16(10-14)15-11-17-13(2)6-5-9-20(17)18(15)12-21/h5-12H,4H2,1-3H3. The fourth-order valence-corrected chi connectivity index (χ4v) is 2.88. The summed E-state index contributed by atoms with van der Waals surface area (Å²) in [6.07, 6.45) is 3.78. The molecule has 3 nitrogen and oxygen atoms in total. The predicted octanol–water partition coefficient (Wildman–Crippen LogP) is 4.30. The third-order valence-electron chi connectivity index (χ3n) is 4.14. The molecule has 3 heteroatoms. The average molecular weight is 293 g/mol. The van der Waals surface area contributed by atoms with E-state index in [9.17, 15) is 4.79 Å². The highest BCUT2D eigenvalue weighted by Crippen LogP contribution is 2.35. The van der Waals surface area contributed by atoms with Gasteiger partial charge in [0.15, 0.2) is 6.29 Å². The fourth-order valence-electron chi connectivity index (χ4n) is 2.88. The van der Waals surface area contributed by atoms with Crippen molar-refractivity contribution in [2.24, 2.45) is 0 Å². The van der Waals surface area contributed by atoms with Crippen LogP contribution in [-0.2, 0) is 6.42 Å². The minimum atomic E-state index is 0.658. The van der Waals surface area contributed by atoms with Gasteiger partial charge in [-0.15, -0.1) is 0 Å². The lowest BCUT2D eigenvalue weighted by atomic mass is 10.0. The van der Waals surface area contributed by atoms with Gasteiger partial charge in [0.25, 0.3) is 0 Å². The smallest absolute Gasteiger partial charge is 0.167 e. The lowest BCUT2D eigenvalue weighted by Crippen LogP contribution is -1.95. The molecule has 0 unspecified atom stereocenters. The van der Waals surface area contributed by atoms with Crippen molar-refractivity contribution < 1.29 is 9.53 Å². The highest BCUT2D eigenvalue weighted by atomic mass is 16.5. The molecule has 0 atom stereocenters. The molecule has 3 rings (SSSR count). The Morgan fingerprint density at radius 1 is 1.18 bits per heavy atom. The maximum absolute atomic E-state index is 11.7. The highest BCUT2D eigenvalue weighted by molar-refractivity contribution is 5.92. The van der Waals surface area contributed by atoms with Gasteiger partial charge in [0.1, 0.15) is 5.75 Å². The number of ether oxygens (including phenoxy) is 1. The Morgan fingerprint density at radius 3 is 2.68 bits per heavy atom. The molecule has 0 amide bonds.